The van der Waals surface area contributed by atoms with Crippen LogP contribution in [0.15, 0.2) is 22.8 Å². The Morgan fingerprint density at radius 3 is 2.56 bits per heavy atom. The molecule has 1 heterocycles. The summed E-state index contributed by atoms with van der Waals surface area (Å²) >= 11 is 0. The van der Waals surface area contributed by atoms with Gasteiger partial charge in [-0.25, -0.2) is 0 Å². The van der Waals surface area contributed by atoms with Crippen molar-refractivity contribution < 1.29 is 14.0 Å². The first kappa shape index (κ1) is 19.5. The topological polar surface area (TPSA) is 74.6 Å². The van der Waals surface area contributed by atoms with Gasteiger partial charge in [0.05, 0.1) is 12.3 Å². The third-order valence-corrected chi connectivity index (χ3v) is 4.99. The lowest BCUT2D eigenvalue weighted by atomic mass is 10.1. The molecule has 0 spiro atoms. The summed E-state index contributed by atoms with van der Waals surface area (Å²) in [6.07, 6.45) is 6.20. The zero-order chi connectivity index (χ0) is 18.1. The van der Waals surface area contributed by atoms with Crippen LogP contribution in [-0.4, -0.2) is 42.9 Å². The second-order valence-corrected chi connectivity index (χ2v) is 6.58. The second-order valence-electron chi connectivity index (χ2n) is 6.58. The largest absolute Gasteiger partial charge is 0.468 e. The van der Waals surface area contributed by atoms with E-state index < -0.39 is 0 Å². The first-order chi connectivity index (χ1) is 12.2. The molecular formula is C19H31N3O3. The van der Waals surface area contributed by atoms with Crippen LogP contribution in [-0.2, 0) is 9.59 Å². The molecule has 2 rings (SSSR count). The van der Waals surface area contributed by atoms with Crippen molar-refractivity contribution in [3.63, 3.8) is 0 Å². The lowest BCUT2D eigenvalue weighted by Gasteiger charge is -2.28. The number of nitrogens with one attached hydrogen (secondary N) is 2. The molecule has 0 radical (unpaired) electrons. The van der Waals surface area contributed by atoms with Crippen molar-refractivity contribution in [2.75, 3.05) is 26.2 Å². The van der Waals surface area contributed by atoms with Crippen LogP contribution in [0, 0.1) is 5.92 Å². The molecule has 1 aliphatic carbocycles. The van der Waals surface area contributed by atoms with Gasteiger partial charge in [0.1, 0.15) is 5.76 Å². The summed E-state index contributed by atoms with van der Waals surface area (Å²) in [5.74, 6) is 1.06. The third-order valence-electron chi connectivity index (χ3n) is 4.99. The van der Waals surface area contributed by atoms with Crippen molar-refractivity contribution in [1.29, 1.82) is 0 Å². The van der Waals surface area contributed by atoms with Gasteiger partial charge in [0.2, 0.25) is 11.8 Å². The Labute approximate surface area is 150 Å². The van der Waals surface area contributed by atoms with Gasteiger partial charge in [-0.05, 0) is 38.1 Å². The monoisotopic (exact) mass is 349 g/mol. The summed E-state index contributed by atoms with van der Waals surface area (Å²) in [5.41, 5.74) is 0. The molecule has 1 fully saturated rings. The van der Waals surface area contributed by atoms with Crippen molar-refractivity contribution >= 4 is 11.8 Å². The number of carbonyl (C=O) groups is 2. The van der Waals surface area contributed by atoms with Gasteiger partial charge >= 0.3 is 0 Å². The molecule has 6 nitrogen and oxygen atoms in total. The van der Waals surface area contributed by atoms with Gasteiger partial charge < -0.3 is 15.1 Å². The summed E-state index contributed by atoms with van der Waals surface area (Å²) in [6, 6.07) is 3.84. The van der Waals surface area contributed by atoms with Gasteiger partial charge in [-0.1, -0.05) is 26.7 Å². The van der Waals surface area contributed by atoms with Crippen molar-refractivity contribution in [2.45, 2.75) is 52.0 Å². The number of likely N-dealkylation sites (N-methyl/N-ethyl adjacent to an activating group) is 1. The fourth-order valence-electron chi connectivity index (χ4n) is 3.49. The van der Waals surface area contributed by atoms with Crippen molar-refractivity contribution in [2.24, 2.45) is 5.92 Å². The summed E-state index contributed by atoms with van der Waals surface area (Å²) in [4.78, 5) is 26.3. The molecule has 6 heteroatoms. The highest BCUT2D eigenvalue weighted by atomic mass is 16.3. The van der Waals surface area contributed by atoms with Crippen LogP contribution in [0.4, 0.5) is 0 Å². The predicted molar refractivity (Wildman–Crippen MR) is 97.0 cm³/mol. The van der Waals surface area contributed by atoms with Gasteiger partial charge in [0, 0.05) is 25.4 Å². The Balaban J connectivity index is 1.73. The van der Waals surface area contributed by atoms with Crippen LogP contribution < -0.4 is 10.6 Å². The molecule has 0 aromatic carbocycles. The molecule has 1 atom stereocenters. The minimum atomic E-state index is -0.0459. The molecule has 140 valence electrons. The molecule has 1 unspecified atom stereocenters. The van der Waals surface area contributed by atoms with E-state index in [2.05, 4.69) is 29.4 Å². The zero-order valence-electron chi connectivity index (χ0n) is 15.4. The maximum atomic E-state index is 12.1. The highest BCUT2D eigenvalue weighted by Gasteiger charge is 2.23. The molecule has 1 aliphatic rings. The lowest BCUT2D eigenvalue weighted by molar-refractivity contribution is -0.125. The number of carbonyl (C=O) groups excluding carboxylic acids is 2. The van der Waals surface area contributed by atoms with Gasteiger partial charge in [-0.15, -0.1) is 0 Å². The highest BCUT2D eigenvalue weighted by molar-refractivity contribution is 5.80. The fraction of sp³-hybridized carbons (Fsp3) is 0.684. The molecule has 0 aliphatic heterocycles. The Kier molecular flexibility index (Phi) is 7.98. The molecule has 25 heavy (non-hydrogen) atoms. The van der Waals surface area contributed by atoms with Crippen molar-refractivity contribution in [1.82, 2.24) is 15.5 Å². The molecule has 2 amide bonds. The van der Waals surface area contributed by atoms with Gasteiger partial charge in [-0.3, -0.25) is 14.5 Å². The van der Waals surface area contributed by atoms with Gasteiger partial charge in [0.15, 0.2) is 0 Å². The number of amides is 2. The molecule has 0 bridgehead atoms. The molecule has 1 aromatic rings. The van der Waals surface area contributed by atoms with E-state index in [1.807, 2.05) is 12.1 Å². The van der Waals surface area contributed by atoms with Crippen LogP contribution in [0.2, 0.25) is 0 Å². The smallest absolute Gasteiger partial charge is 0.223 e. The molecule has 1 saturated carbocycles. The second kappa shape index (κ2) is 10.2. The summed E-state index contributed by atoms with van der Waals surface area (Å²) in [7, 11) is 0. The zero-order valence-corrected chi connectivity index (χ0v) is 15.4. The van der Waals surface area contributed by atoms with E-state index >= 15 is 0 Å². The first-order valence-electron chi connectivity index (χ1n) is 9.47. The number of hydrogen-bond donors (Lipinski definition) is 2. The van der Waals surface area contributed by atoms with E-state index in [0.29, 0.717) is 19.5 Å². The standard InChI is InChI=1S/C19H31N3O3/c1-3-22(4-2)16(17-10-7-13-25-17)14-21-18(23)11-12-20-19(24)15-8-5-6-9-15/h7,10,13,15-16H,3-6,8-9,11-12,14H2,1-2H3,(H,20,24)(H,21,23). The van der Waals surface area contributed by atoms with E-state index in [1.165, 1.54) is 0 Å². The third kappa shape index (κ3) is 5.88. The first-order valence-corrected chi connectivity index (χ1v) is 9.47. The van der Waals surface area contributed by atoms with Crippen molar-refractivity contribution in [3.8, 4) is 0 Å². The lowest BCUT2D eigenvalue weighted by Crippen LogP contribution is -2.39. The van der Waals surface area contributed by atoms with Crippen LogP contribution in [0.3, 0.4) is 0 Å². The highest BCUT2D eigenvalue weighted by Crippen LogP contribution is 2.24. The minimum absolute atomic E-state index is 0.0297. The Morgan fingerprint density at radius 2 is 1.96 bits per heavy atom. The van der Waals surface area contributed by atoms with E-state index in [4.69, 9.17) is 4.42 Å². The predicted octanol–water partition coefficient (Wildman–Crippen LogP) is 2.48. The van der Waals surface area contributed by atoms with Crippen LogP contribution >= 0.6 is 0 Å². The average Bonchev–Trinajstić information content (AvgIpc) is 3.32. The molecule has 1 aromatic heterocycles. The Hall–Kier alpha value is -1.82. The maximum absolute atomic E-state index is 12.1. The number of nitrogens with zero attached hydrogens (tertiary/aromatic N) is 1. The molecule has 2 N–H and O–H groups in total. The Bertz CT molecular complexity index is 520. The van der Waals surface area contributed by atoms with E-state index in [0.717, 1.165) is 44.5 Å². The van der Waals surface area contributed by atoms with Crippen LogP contribution in [0.5, 0.6) is 0 Å². The normalized spacial score (nSPS) is 16.1. The molecular weight excluding hydrogens is 318 g/mol. The molecule has 0 saturated heterocycles. The average molecular weight is 349 g/mol. The number of rotatable bonds is 10. The van der Waals surface area contributed by atoms with Gasteiger partial charge in [0.25, 0.3) is 0 Å². The fourth-order valence-corrected chi connectivity index (χ4v) is 3.49. The summed E-state index contributed by atoms with van der Waals surface area (Å²) in [5, 5.41) is 5.86. The van der Waals surface area contributed by atoms with Crippen LogP contribution in [0.1, 0.15) is 57.8 Å². The van der Waals surface area contributed by atoms with Crippen LogP contribution in [0.25, 0.3) is 0 Å². The van der Waals surface area contributed by atoms with E-state index in [-0.39, 0.29) is 23.8 Å². The SMILES string of the molecule is CCN(CC)C(CNC(=O)CCNC(=O)C1CCCC1)c1ccco1. The quantitative estimate of drug-likeness (QED) is 0.680. The summed E-state index contributed by atoms with van der Waals surface area (Å²) < 4.78 is 5.53. The summed E-state index contributed by atoms with van der Waals surface area (Å²) in [6.45, 7) is 6.87. The van der Waals surface area contributed by atoms with Gasteiger partial charge in [-0.2, -0.15) is 0 Å². The number of furan rings is 1. The van der Waals surface area contributed by atoms with E-state index in [9.17, 15) is 9.59 Å². The van der Waals surface area contributed by atoms with Crippen molar-refractivity contribution in [3.05, 3.63) is 24.2 Å². The van der Waals surface area contributed by atoms with E-state index in [1.54, 1.807) is 6.26 Å². The minimum Gasteiger partial charge on any atom is -0.468 e. The Morgan fingerprint density at radius 1 is 1.24 bits per heavy atom. The number of hydrogen-bond acceptors (Lipinski definition) is 4. The maximum Gasteiger partial charge on any atom is 0.223 e.